The summed E-state index contributed by atoms with van der Waals surface area (Å²) >= 11 is 0. The summed E-state index contributed by atoms with van der Waals surface area (Å²) in [7, 11) is 0. The van der Waals surface area contributed by atoms with E-state index in [2.05, 4.69) is 5.32 Å². The van der Waals surface area contributed by atoms with Crippen molar-refractivity contribution in [3.63, 3.8) is 0 Å². The molecule has 3 aromatic carbocycles. The van der Waals surface area contributed by atoms with Crippen molar-refractivity contribution in [2.75, 3.05) is 5.32 Å². The molecule has 4 rings (SSSR count). The molecule has 0 radical (unpaired) electrons. The van der Waals surface area contributed by atoms with Crippen LogP contribution in [0.1, 0.15) is 11.1 Å². The summed E-state index contributed by atoms with van der Waals surface area (Å²) in [5, 5.41) is 7.56. The number of rotatable bonds is 7. The lowest BCUT2D eigenvalue weighted by atomic mass is 10.1. The lowest BCUT2D eigenvalue weighted by molar-refractivity contribution is -0.117. The van der Waals surface area contributed by atoms with Crippen molar-refractivity contribution in [3.05, 3.63) is 108 Å². The van der Waals surface area contributed by atoms with Gasteiger partial charge in [-0.05, 0) is 35.9 Å². The SMILES string of the molecule is NC(=O)Cc1ccc(NC(=O)/C=C/c2cn(-c3ccccc3)nc2-c2ccccc2)cc1. The molecule has 1 aromatic heterocycles. The molecule has 0 atom stereocenters. The number of nitrogens with two attached hydrogens (primary N) is 1. The summed E-state index contributed by atoms with van der Waals surface area (Å²) in [4.78, 5) is 23.5. The van der Waals surface area contributed by atoms with Crippen LogP contribution in [0.3, 0.4) is 0 Å². The molecule has 0 fully saturated rings. The Hall–Kier alpha value is -4.45. The molecular weight excluding hydrogens is 400 g/mol. The van der Waals surface area contributed by atoms with Gasteiger partial charge in [0.2, 0.25) is 11.8 Å². The Morgan fingerprint density at radius 1 is 0.906 bits per heavy atom. The molecule has 0 aliphatic carbocycles. The lowest BCUT2D eigenvalue weighted by Gasteiger charge is -2.03. The Balaban J connectivity index is 1.55. The van der Waals surface area contributed by atoms with Crippen molar-refractivity contribution in [3.8, 4) is 16.9 Å². The van der Waals surface area contributed by atoms with Crippen molar-refractivity contribution < 1.29 is 9.59 Å². The predicted octanol–water partition coefficient (Wildman–Crippen LogP) is 4.22. The standard InChI is InChI=1S/C26H22N4O2/c27-24(31)17-19-11-14-22(15-12-19)28-25(32)16-13-21-18-30(23-9-5-2-6-10-23)29-26(21)20-7-3-1-4-8-20/h1-16,18H,17H2,(H2,27,31)(H,28,32)/b16-13+. The molecule has 0 spiro atoms. The van der Waals surface area contributed by atoms with Gasteiger partial charge in [-0.2, -0.15) is 5.10 Å². The van der Waals surface area contributed by atoms with Gasteiger partial charge in [0.05, 0.1) is 17.8 Å². The molecule has 0 bridgehead atoms. The van der Waals surface area contributed by atoms with Gasteiger partial charge in [0, 0.05) is 29.1 Å². The van der Waals surface area contributed by atoms with Gasteiger partial charge in [0.25, 0.3) is 0 Å². The second-order valence-electron chi connectivity index (χ2n) is 7.24. The normalized spacial score (nSPS) is 10.9. The Morgan fingerprint density at radius 3 is 2.22 bits per heavy atom. The van der Waals surface area contributed by atoms with Crippen molar-refractivity contribution >= 4 is 23.6 Å². The molecule has 0 aliphatic heterocycles. The highest BCUT2D eigenvalue weighted by Gasteiger charge is 2.11. The van der Waals surface area contributed by atoms with Gasteiger partial charge >= 0.3 is 0 Å². The van der Waals surface area contributed by atoms with Crippen LogP contribution in [-0.4, -0.2) is 21.6 Å². The van der Waals surface area contributed by atoms with Crippen molar-refractivity contribution in [2.24, 2.45) is 5.73 Å². The third-order valence-electron chi connectivity index (χ3n) is 4.82. The maximum Gasteiger partial charge on any atom is 0.248 e. The number of benzene rings is 3. The number of amides is 2. The van der Waals surface area contributed by atoms with Crippen LogP contribution in [0.2, 0.25) is 0 Å². The van der Waals surface area contributed by atoms with Gasteiger partial charge in [0.1, 0.15) is 0 Å². The summed E-state index contributed by atoms with van der Waals surface area (Å²) < 4.78 is 1.80. The molecule has 3 N–H and O–H groups in total. The second kappa shape index (κ2) is 9.57. The minimum Gasteiger partial charge on any atom is -0.369 e. The van der Waals surface area contributed by atoms with Crippen LogP contribution in [0.5, 0.6) is 0 Å². The van der Waals surface area contributed by atoms with Crippen LogP contribution >= 0.6 is 0 Å². The smallest absolute Gasteiger partial charge is 0.248 e. The van der Waals surface area contributed by atoms with E-state index in [1.807, 2.05) is 66.9 Å². The zero-order valence-corrected chi connectivity index (χ0v) is 17.3. The van der Waals surface area contributed by atoms with E-state index in [-0.39, 0.29) is 12.3 Å². The third-order valence-corrected chi connectivity index (χ3v) is 4.82. The number of carbonyl (C=O) groups is 2. The fourth-order valence-electron chi connectivity index (χ4n) is 3.30. The first kappa shape index (κ1) is 20.8. The average molecular weight is 422 g/mol. The van der Waals surface area contributed by atoms with Crippen LogP contribution in [0.15, 0.2) is 97.2 Å². The maximum absolute atomic E-state index is 12.5. The van der Waals surface area contributed by atoms with Crippen molar-refractivity contribution in [1.82, 2.24) is 9.78 Å². The highest BCUT2D eigenvalue weighted by molar-refractivity contribution is 6.02. The van der Waals surface area contributed by atoms with E-state index in [0.717, 1.165) is 28.1 Å². The zero-order valence-electron chi connectivity index (χ0n) is 17.3. The Kier molecular flexibility index (Phi) is 6.22. The molecule has 4 aromatic rings. The van der Waals surface area contributed by atoms with E-state index in [1.54, 1.807) is 35.0 Å². The second-order valence-corrected chi connectivity index (χ2v) is 7.24. The molecule has 1 heterocycles. The van der Waals surface area contributed by atoms with Crippen molar-refractivity contribution in [2.45, 2.75) is 6.42 Å². The summed E-state index contributed by atoms with van der Waals surface area (Å²) in [6, 6.07) is 26.7. The van der Waals surface area contributed by atoms with Gasteiger partial charge in [-0.1, -0.05) is 60.7 Å². The topological polar surface area (TPSA) is 90.0 Å². The number of hydrogen-bond acceptors (Lipinski definition) is 3. The van der Waals surface area contributed by atoms with E-state index in [1.165, 1.54) is 6.08 Å². The molecule has 0 saturated carbocycles. The molecule has 0 aliphatic rings. The number of aromatic nitrogens is 2. The first-order valence-electron chi connectivity index (χ1n) is 10.2. The number of hydrogen-bond donors (Lipinski definition) is 2. The van der Waals surface area contributed by atoms with Crippen LogP contribution < -0.4 is 11.1 Å². The van der Waals surface area contributed by atoms with E-state index in [0.29, 0.717) is 5.69 Å². The summed E-state index contributed by atoms with van der Waals surface area (Å²) in [5.41, 5.74) is 10.2. The quantitative estimate of drug-likeness (QED) is 0.437. The first-order chi connectivity index (χ1) is 15.6. The van der Waals surface area contributed by atoms with Gasteiger partial charge in [-0.15, -0.1) is 0 Å². The predicted molar refractivity (Wildman–Crippen MR) is 126 cm³/mol. The molecular formula is C26H22N4O2. The van der Waals surface area contributed by atoms with Crippen LogP contribution in [0.25, 0.3) is 23.0 Å². The Morgan fingerprint density at radius 2 is 1.56 bits per heavy atom. The molecule has 32 heavy (non-hydrogen) atoms. The largest absolute Gasteiger partial charge is 0.369 e. The Bertz CT molecular complexity index is 1240. The Labute approximate surface area is 186 Å². The van der Waals surface area contributed by atoms with Crippen LogP contribution in [-0.2, 0) is 16.0 Å². The lowest BCUT2D eigenvalue weighted by Crippen LogP contribution is -2.13. The number of nitrogens with zero attached hydrogens (tertiary/aromatic N) is 2. The summed E-state index contributed by atoms with van der Waals surface area (Å²) in [6.45, 7) is 0. The molecule has 2 amide bonds. The minimum atomic E-state index is -0.394. The molecule has 0 unspecified atom stereocenters. The number of primary amides is 1. The monoisotopic (exact) mass is 422 g/mol. The molecule has 158 valence electrons. The average Bonchev–Trinajstić information content (AvgIpc) is 3.24. The van der Waals surface area contributed by atoms with E-state index >= 15 is 0 Å². The fraction of sp³-hybridized carbons (Fsp3) is 0.0385. The fourth-order valence-corrected chi connectivity index (χ4v) is 3.30. The number of carbonyl (C=O) groups excluding carboxylic acids is 2. The van der Waals surface area contributed by atoms with Crippen LogP contribution in [0.4, 0.5) is 5.69 Å². The van der Waals surface area contributed by atoms with Crippen molar-refractivity contribution in [1.29, 1.82) is 0 Å². The summed E-state index contributed by atoms with van der Waals surface area (Å²) in [6.07, 6.45) is 5.31. The number of anilines is 1. The van der Waals surface area contributed by atoms with E-state index < -0.39 is 5.91 Å². The van der Waals surface area contributed by atoms with E-state index in [9.17, 15) is 9.59 Å². The van der Waals surface area contributed by atoms with Gasteiger partial charge in [-0.25, -0.2) is 4.68 Å². The molecule has 6 nitrogen and oxygen atoms in total. The van der Waals surface area contributed by atoms with E-state index in [4.69, 9.17) is 10.8 Å². The zero-order chi connectivity index (χ0) is 22.3. The highest BCUT2D eigenvalue weighted by atomic mass is 16.1. The van der Waals surface area contributed by atoms with Gasteiger partial charge in [-0.3, -0.25) is 9.59 Å². The first-order valence-corrected chi connectivity index (χ1v) is 10.2. The minimum absolute atomic E-state index is 0.168. The third kappa shape index (κ3) is 5.17. The number of nitrogens with one attached hydrogen (secondary N) is 1. The van der Waals surface area contributed by atoms with Gasteiger partial charge in [0.15, 0.2) is 0 Å². The highest BCUT2D eigenvalue weighted by Crippen LogP contribution is 2.24. The maximum atomic E-state index is 12.5. The van der Waals surface area contributed by atoms with Crippen LogP contribution in [0, 0.1) is 0 Å². The molecule has 6 heteroatoms. The number of para-hydroxylation sites is 1. The van der Waals surface area contributed by atoms with Gasteiger partial charge < -0.3 is 11.1 Å². The molecule has 0 saturated heterocycles. The summed E-state index contributed by atoms with van der Waals surface area (Å²) in [5.74, 6) is -0.658.